The second-order valence-electron chi connectivity index (χ2n) is 7.27. The molecule has 28 heavy (non-hydrogen) atoms. The van der Waals surface area contributed by atoms with Crippen LogP contribution in [-0.2, 0) is 0 Å². The van der Waals surface area contributed by atoms with Gasteiger partial charge in [-0.1, -0.05) is 0 Å². The van der Waals surface area contributed by atoms with Crippen molar-refractivity contribution >= 4 is 23.0 Å². The summed E-state index contributed by atoms with van der Waals surface area (Å²) < 4.78 is 5.44. The quantitative estimate of drug-likeness (QED) is 0.647. The number of nitrogens with one attached hydrogen (secondary N) is 2. The second-order valence-corrected chi connectivity index (χ2v) is 7.27. The number of rotatable bonds is 3. The third kappa shape index (κ3) is 3.50. The molecule has 1 aromatic carbocycles. The molecule has 2 aromatic heterocycles. The molecule has 3 N–H and O–H groups in total. The number of aromatic nitrogens is 3. The first-order chi connectivity index (χ1) is 13.5. The third-order valence-corrected chi connectivity index (χ3v) is 5.17. The van der Waals surface area contributed by atoms with E-state index in [1.807, 2.05) is 24.3 Å². The van der Waals surface area contributed by atoms with Gasteiger partial charge in [-0.3, -0.25) is 10.3 Å². The lowest BCUT2D eigenvalue weighted by Crippen LogP contribution is -2.46. The molecule has 0 saturated carbocycles. The molecular weight excluding hydrogens is 358 g/mol. The summed E-state index contributed by atoms with van der Waals surface area (Å²) in [4.78, 5) is 26.1. The van der Waals surface area contributed by atoms with E-state index in [-0.39, 0.29) is 6.03 Å². The van der Waals surface area contributed by atoms with Gasteiger partial charge in [-0.05, 0) is 49.6 Å². The molecular formula is C20H23N5O3. The van der Waals surface area contributed by atoms with Crippen molar-refractivity contribution in [2.75, 3.05) is 25.5 Å². The Morgan fingerprint density at radius 2 is 1.96 bits per heavy atom. The molecule has 0 aliphatic carbocycles. The average molecular weight is 381 g/mol. The predicted octanol–water partition coefficient (Wildman–Crippen LogP) is 3.01. The van der Waals surface area contributed by atoms with Crippen molar-refractivity contribution in [2.45, 2.75) is 25.4 Å². The molecule has 1 saturated heterocycles. The number of hydrogen-bond donors (Lipinski definition) is 3. The van der Waals surface area contributed by atoms with E-state index in [4.69, 9.17) is 4.74 Å². The van der Waals surface area contributed by atoms with Gasteiger partial charge in [0, 0.05) is 31.0 Å². The number of benzene rings is 1. The van der Waals surface area contributed by atoms with Crippen LogP contribution in [0.5, 0.6) is 5.75 Å². The van der Waals surface area contributed by atoms with E-state index in [9.17, 15) is 9.90 Å². The lowest BCUT2D eigenvalue weighted by Gasteiger charge is -2.35. The topological polar surface area (TPSA) is 103 Å². The standard InChI is InChI=1S/C20H23N5O3/c1-20(27)7-11-25(12-8-20)19(26)24-18-22-16-14(13-5-9-21-10-6-13)3-4-15(28-2)17(16)23-18/h3-6,9-10,27H,7-8,11-12H2,1-2H3,(H2,22,23,24,26). The zero-order chi connectivity index (χ0) is 19.7. The maximum Gasteiger partial charge on any atom is 0.324 e. The highest BCUT2D eigenvalue weighted by atomic mass is 16.5. The summed E-state index contributed by atoms with van der Waals surface area (Å²) in [5, 5.41) is 12.9. The van der Waals surface area contributed by atoms with E-state index in [0.29, 0.717) is 48.7 Å². The molecule has 4 rings (SSSR count). The van der Waals surface area contributed by atoms with Crippen LogP contribution in [-0.4, -0.2) is 56.8 Å². The van der Waals surface area contributed by atoms with Gasteiger partial charge < -0.3 is 19.7 Å². The molecule has 8 nitrogen and oxygen atoms in total. The number of carbonyl (C=O) groups is 1. The summed E-state index contributed by atoms with van der Waals surface area (Å²) in [6.07, 6.45) is 4.57. The SMILES string of the molecule is COc1ccc(-c2ccncc2)c2nc(NC(=O)N3CCC(C)(O)CC3)[nH]c12. The van der Waals surface area contributed by atoms with Crippen molar-refractivity contribution < 1.29 is 14.6 Å². The first-order valence-corrected chi connectivity index (χ1v) is 9.22. The van der Waals surface area contributed by atoms with E-state index >= 15 is 0 Å². The van der Waals surface area contributed by atoms with Crippen LogP contribution < -0.4 is 10.1 Å². The van der Waals surface area contributed by atoms with E-state index in [1.54, 1.807) is 31.3 Å². The molecule has 3 heterocycles. The molecule has 146 valence electrons. The molecule has 0 unspecified atom stereocenters. The number of carbonyl (C=O) groups excluding carboxylic acids is 1. The number of amides is 2. The molecule has 0 atom stereocenters. The Bertz CT molecular complexity index is 990. The number of anilines is 1. The number of H-pyrrole nitrogens is 1. The average Bonchev–Trinajstić information content (AvgIpc) is 3.11. The number of nitrogens with zero attached hydrogens (tertiary/aromatic N) is 3. The normalized spacial score (nSPS) is 16.2. The third-order valence-electron chi connectivity index (χ3n) is 5.17. The fourth-order valence-corrected chi connectivity index (χ4v) is 3.43. The number of aliphatic hydroxyl groups is 1. The number of urea groups is 1. The summed E-state index contributed by atoms with van der Waals surface area (Å²) in [6, 6.07) is 7.39. The molecule has 0 bridgehead atoms. The van der Waals surface area contributed by atoms with E-state index < -0.39 is 5.60 Å². The van der Waals surface area contributed by atoms with Gasteiger partial charge >= 0.3 is 6.03 Å². The van der Waals surface area contributed by atoms with E-state index in [2.05, 4.69) is 20.3 Å². The monoisotopic (exact) mass is 381 g/mol. The Morgan fingerprint density at radius 1 is 1.25 bits per heavy atom. The van der Waals surface area contributed by atoms with E-state index in [0.717, 1.165) is 11.1 Å². The predicted molar refractivity (Wildman–Crippen MR) is 106 cm³/mol. The number of methoxy groups -OCH3 is 1. The van der Waals surface area contributed by atoms with Crippen LogP contribution in [0.3, 0.4) is 0 Å². The van der Waals surface area contributed by atoms with E-state index in [1.165, 1.54) is 0 Å². The van der Waals surface area contributed by atoms with Gasteiger partial charge in [0.1, 0.15) is 16.8 Å². The number of likely N-dealkylation sites (tertiary alicyclic amines) is 1. The zero-order valence-corrected chi connectivity index (χ0v) is 15.9. The lowest BCUT2D eigenvalue weighted by atomic mass is 9.94. The number of fused-ring (bicyclic) bond motifs is 1. The first-order valence-electron chi connectivity index (χ1n) is 9.22. The van der Waals surface area contributed by atoms with Crippen LogP contribution in [0.1, 0.15) is 19.8 Å². The Labute approximate surface area is 162 Å². The van der Waals surface area contributed by atoms with Crippen molar-refractivity contribution in [1.82, 2.24) is 19.9 Å². The highest BCUT2D eigenvalue weighted by Crippen LogP contribution is 2.33. The minimum atomic E-state index is -0.705. The minimum absolute atomic E-state index is 0.237. The Morgan fingerprint density at radius 3 is 2.64 bits per heavy atom. The summed E-state index contributed by atoms with van der Waals surface area (Å²) in [7, 11) is 1.60. The van der Waals surface area contributed by atoms with Crippen LogP contribution in [0.25, 0.3) is 22.2 Å². The number of pyridine rings is 1. The maximum atomic E-state index is 12.6. The zero-order valence-electron chi connectivity index (χ0n) is 15.9. The molecule has 1 aliphatic rings. The fourth-order valence-electron chi connectivity index (χ4n) is 3.43. The summed E-state index contributed by atoms with van der Waals surface area (Å²) in [6.45, 7) is 2.81. The van der Waals surface area contributed by atoms with Gasteiger partial charge in [-0.15, -0.1) is 0 Å². The largest absolute Gasteiger partial charge is 0.494 e. The van der Waals surface area contributed by atoms with Gasteiger partial charge in [0.25, 0.3) is 0 Å². The number of piperidine rings is 1. The summed E-state index contributed by atoms with van der Waals surface area (Å²) in [5.41, 5.74) is 2.62. The summed E-state index contributed by atoms with van der Waals surface area (Å²) in [5.74, 6) is 1.01. The number of hydrogen-bond acceptors (Lipinski definition) is 5. The van der Waals surface area contributed by atoms with Crippen LogP contribution in [0.4, 0.5) is 10.7 Å². The fraction of sp³-hybridized carbons (Fsp3) is 0.350. The highest BCUT2D eigenvalue weighted by Gasteiger charge is 2.30. The molecule has 3 aromatic rings. The van der Waals surface area contributed by atoms with Crippen molar-refractivity contribution in [3.8, 4) is 16.9 Å². The van der Waals surface area contributed by atoms with Gasteiger partial charge in [0.2, 0.25) is 5.95 Å². The Balaban J connectivity index is 1.63. The van der Waals surface area contributed by atoms with Crippen molar-refractivity contribution in [1.29, 1.82) is 0 Å². The van der Waals surface area contributed by atoms with Gasteiger partial charge in [0.15, 0.2) is 0 Å². The molecule has 8 heteroatoms. The molecule has 1 aliphatic heterocycles. The molecule has 1 fully saturated rings. The van der Waals surface area contributed by atoms with Crippen LogP contribution >= 0.6 is 0 Å². The van der Waals surface area contributed by atoms with Gasteiger partial charge in [-0.2, -0.15) is 0 Å². The van der Waals surface area contributed by atoms with Gasteiger partial charge in [-0.25, -0.2) is 9.78 Å². The van der Waals surface area contributed by atoms with Crippen LogP contribution in [0.2, 0.25) is 0 Å². The Hall–Kier alpha value is -3.13. The van der Waals surface area contributed by atoms with Crippen molar-refractivity contribution in [3.63, 3.8) is 0 Å². The first kappa shape index (κ1) is 18.2. The smallest absolute Gasteiger partial charge is 0.324 e. The van der Waals surface area contributed by atoms with Crippen molar-refractivity contribution in [3.05, 3.63) is 36.7 Å². The van der Waals surface area contributed by atoms with Gasteiger partial charge in [0.05, 0.1) is 12.7 Å². The summed E-state index contributed by atoms with van der Waals surface area (Å²) >= 11 is 0. The number of imidazole rings is 1. The second kappa shape index (κ2) is 7.12. The van der Waals surface area contributed by atoms with Crippen LogP contribution in [0.15, 0.2) is 36.7 Å². The Kier molecular flexibility index (Phi) is 4.64. The molecule has 0 radical (unpaired) electrons. The molecule has 0 spiro atoms. The van der Waals surface area contributed by atoms with Crippen LogP contribution in [0, 0.1) is 0 Å². The number of ether oxygens (including phenoxy) is 1. The highest BCUT2D eigenvalue weighted by molar-refractivity contribution is 5.98. The van der Waals surface area contributed by atoms with Crippen molar-refractivity contribution in [2.24, 2.45) is 0 Å². The number of aromatic amines is 1. The lowest BCUT2D eigenvalue weighted by molar-refractivity contribution is 0.00569. The minimum Gasteiger partial charge on any atom is -0.494 e. The maximum absolute atomic E-state index is 12.6. The molecule has 2 amide bonds.